The van der Waals surface area contributed by atoms with E-state index in [4.69, 9.17) is 10.5 Å². The van der Waals surface area contributed by atoms with Gasteiger partial charge in [-0.15, -0.1) is 0 Å². The van der Waals surface area contributed by atoms with Crippen LogP contribution >= 0.6 is 0 Å². The summed E-state index contributed by atoms with van der Waals surface area (Å²) < 4.78 is 34.5. The van der Waals surface area contributed by atoms with Gasteiger partial charge in [-0.1, -0.05) is 32.4 Å². The summed E-state index contributed by atoms with van der Waals surface area (Å²) in [6.07, 6.45) is 7.23. The Balaban J connectivity index is 0.00000252. The monoisotopic (exact) mass is 1050 g/mol. The Morgan fingerprint density at radius 1 is 1.04 bits per heavy atom. The maximum Gasteiger partial charge on any atom is 0.409 e. The van der Waals surface area contributed by atoms with E-state index in [1.807, 2.05) is 0 Å². The van der Waals surface area contributed by atoms with Crippen LogP contribution in [0, 0.1) is 11.3 Å². The molecule has 2 atom stereocenters. The van der Waals surface area contributed by atoms with Crippen LogP contribution in [-0.2, 0) is 78.8 Å². The number of hydrogen-bond donors (Lipinski definition) is 5. The van der Waals surface area contributed by atoms with Gasteiger partial charge in [0.15, 0.2) is 5.65 Å². The van der Waals surface area contributed by atoms with Crippen molar-refractivity contribution in [3.8, 4) is 17.3 Å². The van der Waals surface area contributed by atoms with Gasteiger partial charge in [-0.3, -0.25) is 28.4 Å². The normalized spacial score (nSPS) is 15.6. The van der Waals surface area contributed by atoms with E-state index in [-0.39, 0.29) is 90.8 Å². The number of rotatable bonds is 18. The van der Waals surface area contributed by atoms with Crippen molar-refractivity contribution in [1.82, 2.24) is 54.1 Å². The maximum absolute atomic E-state index is 13.6. The molecule has 6 amide bonds. The molecule has 369 valence electrons. The van der Waals surface area contributed by atoms with Crippen molar-refractivity contribution in [1.29, 1.82) is 5.26 Å². The van der Waals surface area contributed by atoms with Crippen LogP contribution in [0.25, 0.3) is 22.3 Å². The number of nitrogens with two attached hydrogens (primary N) is 1. The van der Waals surface area contributed by atoms with Crippen LogP contribution in [0.4, 0.5) is 15.3 Å². The van der Waals surface area contributed by atoms with Gasteiger partial charge in [0.1, 0.15) is 30.6 Å². The van der Waals surface area contributed by atoms with Gasteiger partial charge in [0.25, 0.3) is 0 Å². The largest absolute Gasteiger partial charge is 0.445 e. The van der Waals surface area contributed by atoms with E-state index in [1.165, 1.54) is 43.4 Å². The quantitative estimate of drug-likeness (QED) is 0.0881. The number of hydrogen-bond acceptors (Lipinski definition) is 15. The zero-order valence-corrected chi connectivity index (χ0v) is 42.9. The van der Waals surface area contributed by atoms with Gasteiger partial charge in [-0.05, 0) is 43.5 Å². The molecule has 2 aliphatic rings. The first-order chi connectivity index (χ1) is 32.4. The molecular weight excluding hydrogens is 994 g/mol. The van der Waals surface area contributed by atoms with E-state index in [0.717, 1.165) is 0 Å². The Morgan fingerprint density at radius 3 is 2.36 bits per heavy atom. The summed E-state index contributed by atoms with van der Waals surface area (Å²) in [5.41, 5.74) is 8.52. The standard InChI is InChI=1S/C40H50N14O10S.C3H8.Y/c1-4-65(62,63)51-23-40(24-51,12-13-41)54-21-27(19-46-54)34-29-11-15-53(35(29)45-25-44-34)38(59)49(2)16-17-50(3)39(60)64-22-26-7-9-28(10-8-26)47-33(56)20-43-36(57)31-6-5-14-52(31)37(58)30(48-61)18-32(42)55;1-3-2;/h7-11,15,19,21,25,30-31,48,61H,4-6,12,14,16-18,20,22-24H2,1-3H3,(H2,42,55)(H,43,57)(H,47,56);3H2,1-2H3;. The summed E-state index contributed by atoms with van der Waals surface area (Å²) in [7, 11) is -0.312. The van der Waals surface area contributed by atoms with Gasteiger partial charge in [0.2, 0.25) is 33.7 Å². The fourth-order valence-electron chi connectivity index (χ4n) is 7.51. The molecule has 6 N–H and O–H groups in total. The van der Waals surface area contributed by atoms with Crippen molar-refractivity contribution in [2.24, 2.45) is 5.73 Å². The van der Waals surface area contributed by atoms with Gasteiger partial charge < -0.3 is 41.0 Å². The summed E-state index contributed by atoms with van der Waals surface area (Å²) in [6, 6.07) is 7.71. The van der Waals surface area contributed by atoms with Gasteiger partial charge >= 0.3 is 12.1 Å². The Labute approximate surface area is 424 Å². The minimum absolute atomic E-state index is 0. The van der Waals surface area contributed by atoms with Crippen LogP contribution in [0.2, 0.25) is 0 Å². The summed E-state index contributed by atoms with van der Waals surface area (Å²) in [6.45, 7) is 6.09. The predicted octanol–water partition coefficient (Wildman–Crippen LogP) is 1.42. The molecule has 0 bridgehead atoms. The van der Waals surface area contributed by atoms with E-state index < -0.39 is 69.8 Å². The number of nitrogens with zero attached hydrogens (tertiary/aromatic N) is 10. The maximum atomic E-state index is 13.6. The number of nitrogens with one attached hydrogen (secondary N) is 3. The number of benzene rings is 1. The molecule has 2 saturated heterocycles. The van der Waals surface area contributed by atoms with Crippen molar-refractivity contribution in [3.63, 3.8) is 0 Å². The third kappa shape index (κ3) is 13.7. The molecule has 3 aromatic heterocycles. The Bertz CT molecular complexity index is 2610. The van der Waals surface area contributed by atoms with Gasteiger partial charge in [0.05, 0.1) is 43.1 Å². The fourth-order valence-corrected chi connectivity index (χ4v) is 8.75. The molecule has 0 spiro atoms. The van der Waals surface area contributed by atoms with Gasteiger partial charge in [0, 0.05) is 109 Å². The minimum atomic E-state index is -3.42. The number of amides is 6. The van der Waals surface area contributed by atoms with Crippen molar-refractivity contribution in [2.75, 3.05) is 64.4 Å². The molecule has 26 heteroatoms. The molecule has 2 unspecified atom stereocenters. The zero-order valence-electron chi connectivity index (χ0n) is 39.2. The molecule has 24 nitrogen and oxygen atoms in total. The van der Waals surface area contributed by atoms with Crippen LogP contribution in [0.3, 0.4) is 0 Å². The number of carbonyl (C=O) groups is 6. The number of ether oxygens (including phenoxy) is 1. The molecule has 4 aromatic rings. The third-order valence-electron chi connectivity index (χ3n) is 11.3. The number of aromatic nitrogens is 5. The van der Waals surface area contributed by atoms with Crippen LogP contribution in [0.5, 0.6) is 0 Å². The van der Waals surface area contributed by atoms with E-state index in [1.54, 1.807) is 73.1 Å². The molecule has 0 aliphatic carbocycles. The fraction of sp³-hybridized carbons (Fsp3) is 0.488. The summed E-state index contributed by atoms with van der Waals surface area (Å²) in [5, 5.41) is 29.0. The van der Waals surface area contributed by atoms with Crippen LogP contribution in [-0.4, -0.2) is 164 Å². The summed E-state index contributed by atoms with van der Waals surface area (Å²) in [5.74, 6) is -2.62. The summed E-state index contributed by atoms with van der Waals surface area (Å²) in [4.78, 5) is 88.6. The minimum Gasteiger partial charge on any atom is -0.445 e. The topological polar surface area (TPSA) is 313 Å². The third-order valence-corrected chi connectivity index (χ3v) is 13.0. The Kier molecular flexibility index (Phi) is 20.3. The molecule has 6 rings (SSSR count). The van der Waals surface area contributed by atoms with E-state index in [2.05, 4.69) is 45.6 Å². The van der Waals surface area contributed by atoms with E-state index in [9.17, 15) is 47.7 Å². The van der Waals surface area contributed by atoms with Crippen molar-refractivity contribution < 1.29 is 79.8 Å². The number of hydroxylamine groups is 1. The number of carbonyl (C=O) groups excluding carboxylic acids is 6. The predicted molar refractivity (Wildman–Crippen MR) is 246 cm³/mol. The smallest absolute Gasteiger partial charge is 0.409 e. The molecule has 69 heavy (non-hydrogen) atoms. The number of sulfonamides is 1. The second-order valence-electron chi connectivity index (χ2n) is 16.4. The number of likely N-dealkylation sites (tertiary alicyclic amines) is 1. The van der Waals surface area contributed by atoms with Crippen LogP contribution in [0.1, 0.15) is 58.4 Å². The Morgan fingerprint density at radius 2 is 1.72 bits per heavy atom. The van der Waals surface area contributed by atoms with Crippen LogP contribution < -0.4 is 21.8 Å². The Hall–Kier alpha value is -5.91. The number of primary amides is 1. The number of fused-ring (bicyclic) bond motifs is 1. The first-order valence-corrected chi connectivity index (χ1v) is 23.5. The van der Waals surface area contributed by atoms with Crippen molar-refractivity contribution >= 4 is 62.5 Å². The molecule has 1 radical (unpaired) electrons. The second kappa shape index (κ2) is 25.1. The van der Waals surface area contributed by atoms with E-state index in [0.29, 0.717) is 46.4 Å². The first kappa shape index (κ1) is 55.7. The first-order valence-electron chi connectivity index (χ1n) is 21.9. The van der Waals surface area contributed by atoms with Crippen LogP contribution in [0.15, 0.2) is 55.2 Å². The molecular formula is C43H58N14O10SY. The second-order valence-corrected chi connectivity index (χ2v) is 18.7. The molecule has 1 aromatic carbocycles. The zero-order chi connectivity index (χ0) is 49.8. The molecule has 2 fully saturated rings. The van der Waals surface area contributed by atoms with Crippen molar-refractivity contribution in [3.05, 3.63) is 60.8 Å². The molecule has 2 aliphatic heterocycles. The van der Waals surface area contributed by atoms with Gasteiger partial charge in [-0.25, -0.2) is 28.0 Å². The SMILES string of the molecule is CCC.CCS(=O)(=O)N1CC(CC#N)(n2cc(-c3ncnc4c3ccn4C(=O)N(C)CCN(C)C(=O)OCc3ccc(NC(=O)CNC(=O)C4CCCN4C(=O)C(CC(N)=O)NO)cc3)cn2)C1.[Y]. The van der Waals surface area contributed by atoms with Gasteiger partial charge in [-0.2, -0.15) is 20.1 Å². The number of anilines is 1. The molecule has 5 heterocycles. The van der Waals surface area contributed by atoms with E-state index >= 15 is 0 Å². The number of nitriles is 1. The average molecular weight is 1050 g/mol. The summed E-state index contributed by atoms with van der Waals surface area (Å²) >= 11 is 0. The van der Waals surface area contributed by atoms with Crippen molar-refractivity contribution in [2.45, 2.75) is 77.1 Å². The average Bonchev–Trinajstić information content (AvgIpc) is 4.11. The number of likely N-dealkylation sites (N-methyl/N-ethyl adjacent to an activating group) is 2. The molecule has 0 saturated carbocycles.